The summed E-state index contributed by atoms with van der Waals surface area (Å²) in [6.45, 7) is 2.21. The van der Waals surface area contributed by atoms with Crippen molar-refractivity contribution < 1.29 is 13.3 Å². The molecule has 1 unspecified atom stereocenters. The van der Waals surface area contributed by atoms with Gasteiger partial charge in [0.25, 0.3) is 0 Å². The van der Waals surface area contributed by atoms with Crippen LogP contribution in [0.5, 0.6) is 0 Å². The minimum Gasteiger partial charge on any atom is -0.385 e. The van der Waals surface area contributed by atoms with Crippen LogP contribution in [0.1, 0.15) is 6.92 Å². The molecule has 3 N–H and O–H groups in total. The molecule has 1 aromatic heterocycles. The first-order chi connectivity index (χ1) is 8.77. The van der Waals surface area contributed by atoms with Gasteiger partial charge in [-0.3, -0.25) is 10.1 Å². The lowest BCUT2D eigenvalue weighted by molar-refractivity contribution is -0.383. The molecule has 108 valence electrons. The first-order valence-corrected chi connectivity index (χ1v) is 8.99. The van der Waals surface area contributed by atoms with E-state index in [-0.39, 0.29) is 27.4 Å². The minimum atomic E-state index is -3.73. The number of rotatable bonds is 7. The summed E-state index contributed by atoms with van der Waals surface area (Å²) in [4.78, 5) is 9.93. The van der Waals surface area contributed by atoms with Gasteiger partial charge in [0.05, 0.1) is 4.92 Å². The van der Waals surface area contributed by atoms with E-state index >= 15 is 0 Å². The Balaban J connectivity index is 2.83. The highest BCUT2D eigenvalue weighted by Gasteiger charge is 2.24. The first-order valence-electron chi connectivity index (χ1n) is 5.30. The number of thiophene rings is 1. The van der Waals surface area contributed by atoms with Gasteiger partial charge in [0.1, 0.15) is 4.21 Å². The molecule has 10 heteroatoms. The second kappa shape index (κ2) is 6.55. The maximum absolute atomic E-state index is 11.9. The average molecular weight is 325 g/mol. The average Bonchev–Trinajstić information content (AvgIpc) is 2.70. The molecular formula is C9H15N3O4S3. The van der Waals surface area contributed by atoms with Crippen molar-refractivity contribution in [3.63, 3.8) is 0 Å². The van der Waals surface area contributed by atoms with Crippen molar-refractivity contribution in [1.82, 2.24) is 4.72 Å². The minimum absolute atomic E-state index is 0.109. The molecule has 0 aliphatic heterocycles. The fourth-order valence-electron chi connectivity index (χ4n) is 1.31. The van der Waals surface area contributed by atoms with Gasteiger partial charge in [-0.25, -0.2) is 13.1 Å². The van der Waals surface area contributed by atoms with Gasteiger partial charge < -0.3 is 5.73 Å². The highest BCUT2D eigenvalue weighted by Crippen LogP contribution is 2.34. The zero-order valence-corrected chi connectivity index (χ0v) is 12.9. The van der Waals surface area contributed by atoms with Gasteiger partial charge >= 0.3 is 5.69 Å². The highest BCUT2D eigenvalue weighted by atomic mass is 32.2. The molecule has 0 radical (unpaired) electrons. The van der Waals surface area contributed by atoms with Crippen molar-refractivity contribution in [2.75, 3.05) is 24.3 Å². The van der Waals surface area contributed by atoms with Gasteiger partial charge in [0, 0.05) is 12.6 Å². The maximum Gasteiger partial charge on any atom is 0.304 e. The molecule has 1 atom stereocenters. The number of hydrogen-bond donors (Lipinski definition) is 2. The van der Waals surface area contributed by atoms with Crippen LogP contribution < -0.4 is 10.5 Å². The Kier molecular flexibility index (Phi) is 5.59. The number of nitrogens with two attached hydrogens (primary N) is 1. The van der Waals surface area contributed by atoms with Crippen molar-refractivity contribution in [3.05, 3.63) is 16.2 Å². The second-order valence-corrected chi connectivity index (χ2v) is 7.97. The number of nitrogens with one attached hydrogen (secondary N) is 1. The molecule has 0 fully saturated rings. The molecule has 0 saturated carbocycles. The summed E-state index contributed by atoms with van der Waals surface area (Å²) in [6, 6.07) is 0.988. The molecular weight excluding hydrogens is 310 g/mol. The summed E-state index contributed by atoms with van der Waals surface area (Å²) < 4.78 is 26.2. The number of anilines is 1. The molecule has 1 rings (SSSR count). The zero-order valence-electron chi connectivity index (χ0n) is 10.5. The highest BCUT2D eigenvalue weighted by molar-refractivity contribution is 7.98. The van der Waals surface area contributed by atoms with Gasteiger partial charge in [-0.05, 0) is 17.9 Å². The SMILES string of the molecule is CSCC(C)CNS(=O)(=O)c1cc([N+](=O)[O-])c(N)s1. The lowest BCUT2D eigenvalue weighted by Crippen LogP contribution is -2.28. The summed E-state index contributed by atoms with van der Waals surface area (Å²) in [5.41, 5.74) is 5.05. The van der Waals surface area contributed by atoms with Gasteiger partial charge in [0.2, 0.25) is 10.0 Å². The molecule has 0 saturated heterocycles. The second-order valence-electron chi connectivity index (χ2n) is 3.98. The van der Waals surface area contributed by atoms with Crippen molar-refractivity contribution in [2.24, 2.45) is 5.92 Å². The van der Waals surface area contributed by atoms with Crippen LogP contribution in [-0.4, -0.2) is 31.9 Å². The molecule has 0 aliphatic rings. The smallest absolute Gasteiger partial charge is 0.304 e. The largest absolute Gasteiger partial charge is 0.385 e. The number of thioether (sulfide) groups is 1. The van der Waals surface area contributed by atoms with Crippen molar-refractivity contribution in [3.8, 4) is 0 Å². The van der Waals surface area contributed by atoms with Crippen LogP contribution in [0.3, 0.4) is 0 Å². The lowest BCUT2D eigenvalue weighted by atomic mass is 10.2. The van der Waals surface area contributed by atoms with E-state index in [2.05, 4.69) is 4.72 Å². The fraction of sp³-hybridized carbons (Fsp3) is 0.556. The van der Waals surface area contributed by atoms with Gasteiger partial charge in [-0.2, -0.15) is 11.8 Å². The molecule has 0 bridgehead atoms. The van der Waals surface area contributed by atoms with E-state index < -0.39 is 14.9 Å². The van der Waals surface area contributed by atoms with E-state index in [0.717, 1.165) is 11.8 Å². The molecule has 7 nitrogen and oxygen atoms in total. The lowest BCUT2D eigenvalue weighted by Gasteiger charge is -2.10. The Bertz CT molecular complexity index is 555. The molecule has 0 amide bonds. The number of nitro groups is 1. The van der Waals surface area contributed by atoms with E-state index in [4.69, 9.17) is 5.73 Å². The topological polar surface area (TPSA) is 115 Å². The van der Waals surface area contributed by atoms with E-state index in [9.17, 15) is 18.5 Å². The summed E-state index contributed by atoms with van der Waals surface area (Å²) in [6.07, 6.45) is 1.94. The third-order valence-corrected chi connectivity index (χ3v) is 6.01. The molecule has 0 aliphatic carbocycles. The molecule has 19 heavy (non-hydrogen) atoms. The Labute approximate surface area is 119 Å². The van der Waals surface area contributed by atoms with Crippen LogP contribution in [0.2, 0.25) is 0 Å². The summed E-state index contributed by atoms with van der Waals surface area (Å²) in [5, 5.41) is 10.5. The number of sulfonamides is 1. The van der Waals surface area contributed by atoms with Crippen molar-refractivity contribution in [1.29, 1.82) is 0 Å². The fourth-order valence-corrected chi connectivity index (χ4v) is 4.42. The van der Waals surface area contributed by atoms with E-state index in [1.807, 2.05) is 13.2 Å². The van der Waals surface area contributed by atoms with Crippen LogP contribution in [0.25, 0.3) is 0 Å². The van der Waals surface area contributed by atoms with Gasteiger partial charge in [-0.15, -0.1) is 0 Å². The van der Waals surface area contributed by atoms with Crippen LogP contribution in [0.15, 0.2) is 10.3 Å². The number of hydrogen-bond acceptors (Lipinski definition) is 7. The third kappa shape index (κ3) is 4.34. The summed E-state index contributed by atoms with van der Waals surface area (Å²) in [7, 11) is -3.73. The van der Waals surface area contributed by atoms with E-state index in [0.29, 0.717) is 11.3 Å². The van der Waals surface area contributed by atoms with Crippen LogP contribution in [-0.2, 0) is 10.0 Å². The summed E-state index contributed by atoms with van der Waals surface area (Å²) >= 11 is 2.32. The summed E-state index contributed by atoms with van der Waals surface area (Å²) in [5.74, 6) is 1.01. The van der Waals surface area contributed by atoms with Crippen LogP contribution in [0, 0.1) is 16.0 Å². The van der Waals surface area contributed by atoms with E-state index in [1.165, 1.54) is 0 Å². The Morgan fingerprint density at radius 1 is 1.63 bits per heavy atom. The van der Waals surface area contributed by atoms with E-state index in [1.54, 1.807) is 11.8 Å². The predicted molar refractivity (Wildman–Crippen MR) is 78.1 cm³/mol. The Morgan fingerprint density at radius 2 is 2.26 bits per heavy atom. The quantitative estimate of drug-likeness (QED) is 0.580. The van der Waals surface area contributed by atoms with Crippen molar-refractivity contribution in [2.45, 2.75) is 11.1 Å². The molecule has 0 aromatic carbocycles. The monoisotopic (exact) mass is 325 g/mol. The van der Waals surface area contributed by atoms with Crippen LogP contribution >= 0.6 is 23.1 Å². The number of nitrogen functional groups attached to an aromatic ring is 1. The molecule has 1 heterocycles. The maximum atomic E-state index is 11.9. The van der Waals surface area contributed by atoms with Crippen LogP contribution in [0.4, 0.5) is 10.7 Å². The third-order valence-electron chi connectivity index (χ3n) is 2.25. The normalized spacial score (nSPS) is 13.4. The molecule has 0 spiro atoms. The zero-order chi connectivity index (χ0) is 14.6. The Hall–Kier alpha value is -0.840. The predicted octanol–water partition coefficient (Wildman–Crippen LogP) is 1.52. The Morgan fingerprint density at radius 3 is 2.74 bits per heavy atom. The van der Waals surface area contributed by atoms with Gasteiger partial charge in [0.15, 0.2) is 5.00 Å². The first kappa shape index (κ1) is 16.2. The van der Waals surface area contributed by atoms with Crippen molar-refractivity contribution >= 4 is 43.8 Å². The number of nitrogens with zero attached hydrogens (tertiary/aromatic N) is 1. The molecule has 1 aromatic rings. The van der Waals surface area contributed by atoms with Gasteiger partial charge in [-0.1, -0.05) is 18.3 Å². The standard InChI is InChI=1S/C9H15N3O4S3/c1-6(5-17-2)4-11-19(15,16)8-3-7(12(13)14)9(10)18-8/h3,6,11H,4-5,10H2,1-2H3.